The van der Waals surface area contributed by atoms with Crippen LogP contribution in [-0.2, 0) is 7.05 Å². The van der Waals surface area contributed by atoms with Crippen molar-refractivity contribution in [1.29, 1.82) is 0 Å². The Labute approximate surface area is 109 Å². The average molecular weight is 267 g/mol. The Morgan fingerprint density at radius 2 is 2.11 bits per heavy atom. The van der Waals surface area contributed by atoms with Gasteiger partial charge in [-0.15, -0.1) is 10.2 Å². The Kier molecular flexibility index (Phi) is 3.68. The molecule has 2 aromatic rings. The van der Waals surface area contributed by atoms with Crippen molar-refractivity contribution in [3.8, 4) is 0 Å². The lowest BCUT2D eigenvalue weighted by Crippen LogP contribution is -1.97. The fraction of sp³-hybridized carbons (Fsp3) is 0.333. The third-order valence-electron chi connectivity index (χ3n) is 2.68. The molecule has 96 valence electrons. The molecule has 1 aromatic heterocycles. The molecule has 1 heterocycles. The van der Waals surface area contributed by atoms with Crippen molar-refractivity contribution in [3.63, 3.8) is 0 Å². The number of hydrogen-bond donors (Lipinski definition) is 1. The second kappa shape index (κ2) is 5.07. The van der Waals surface area contributed by atoms with Gasteiger partial charge in [0.25, 0.3) is 0 Å². The molecule has 0 radical (unpaired) electrons. The van der Waals surface area contributed by atoms with Crippen LogP contribution in [0.25, 0.3) is 0 Å². The SMILES string of the molecule is Cc1nnc(Sc2ccc(F)cc2[C@H](C)O)n1C. The van der Waals surface area contributed by atoms with Crippen LogP contribution in [0.15, 0.2) is 28.3 Å². The maximum absolute atomic E-state index is 13.2. The molecule has 0 aliphatic carbocycles. The predicted octanol–water partition coefficient (Wildman–Crippen LogP) is 2.47. The van der Waals surface area contributed by atoms with Crippen LogP contribution in [0.2, 0.25) is 0 Å². The first kappa shape index (κ1) is 13.0. The van der Waals surface area contributed by atoms with Gasteiger partial charge in [-0.2, -0.15) is 0 Å². The van der Waals surface area contributed by atoms with E-state index in [1.165, 1.54) is 23.9 Å². The summed E-state index contributed by atoms with van der Waals surface area (Å²) in [5.41, 5.74) is 0.556. The van der Waals surface area contributed by atoms with E-state index < -0.39 is 6.10 Å². The third-order valence-corrected chi connectivity index (χ3v) is 3.81. The standard InChI is InChI=1S/C12H14FN3OS/c1-7(17)10-6-9(13)4-5-11(10)18-12-15-14-8(2)16(12)3/h4-7,17H,1-3H3/t7-/m0/s1. The minimum Gasteiger partial charge on any atom is -0.389 e. The van der Waals surface area contributed by atoms with Crippen LogP contribution in [0, 0.1) is 12.7 Å². The summed E-state index contributed by atoms with van der Waals surface area (Å²) in [6.45, 7) is 3.47. The monoisotopic (exact) mass is 267 g/mol. The highest BCUT2D eigenvalue weighted by molar-refractivity contribution is 7.99. The van der Waals surface area contributed by atoms with E-state index in [0.717, 1.165) is 10.7 Å². The van der Waals surface area contributed by atoms with Crippen LogP contribution in [-0.4, -0.2) is 19.9 Å². The van der Waals surface area contributed by atoms with Gasteiger partial charge < -0.3 is 9.67 Å². The molecule has 0 fully saturated rings. The van der Waals surface area contributed by atoms with Crippen LogP contribution in [0.5, 0.6) is 0 Å². The first-order valence-electron chi connectivity index (χ1n) is 5.50. The number of aromatic nitrogens is 3. The van der Waals surface area contributed by atoms with Crippen LogP contribution < -0.4 is 0 Å². The van der Waals surface area contributed by atoms with Crippen molar-refractivity contribution in [2.24, 2.45) is 7.05 Å². The van der Waals surface area contributed by atoms with Crippen LogP contribution >= 0.6 is 11.8 Å². The molecular formula is C12H14FN3OS. The number of hydrogen-bond acceptors (Lipinski definition) is 4. The molecule has 1 aromatic carbocycles. The van der Waals surface area contributed by atoms with Gasteiger partial charge in [-0.3, -0.25) is 0 Å². The second-order valence-electron chi connectivity index (χ2n) is 4.05. The maximum atomic E-state index is 13.2. The van der Waals surface area contributed by atoms with Gasteiger partial charge in [-0.05, 0) is 49.4 Å². The van der Waals surface area contributed by atoms with Crippen molar-refractivity contribution >= 4 is 11.8 Å². The molecule has 18 heavy (non-hydrogen) atoms. The fourth-order valence-corrected chi connectivity index (χ4v) is 2.54. The lowest BCUT2D eigenvalue weighted by molar-refractivity contribution is 0.196. The lowest BCUT2D eigenvalue weighted by Gasteiger charge is -2.11. The molecule has 0 saturated heterocycles. The molecule has 1 N–H and O–H groups in total. The number of aliphatic hydroxyl groups is 1. The number of aryl methyl sites for hydroxylation is 1. The third kappa shape index (κ3) is 2.54. The Balaban J connectivity index is 2.37. The van der Waals surface area contributed by atoms with Crippen LogP contribution in [0.4, 0.5) is 4.39 Å². The highest BCUT2D eigenvalue weighted by Gasteiger charge is 2.14. The van der Waals surface area contributed by atoms with E-state index in [1.807, 2.05) is 18.5 Å². The summed E-state index contributed by atoms with van der Waals surface area (Å²) in [4.78, 5) is 0.780. The van der Waals surface area contributed by atoms with E-state index >= 15 is 0 Å². The number of halogens is 1. The topological polar surface area (TPSA) is 50.9 Å². The highest BCUT2D eigenvalue weighted by atomic mass is 32.2. The van der Waals surface area contributed by atoms with Crippen molar-refractivity contribution in [2.75, 3.05) is 0 Å². The molecule has 0 unspecified atom stereocenters. The van der Waals surface area contributed by atoms with Crippen molar-refractivity contribution < 1.29 is 9.50 Å². The number of nitrogens with zero attached hydrogens (tertiary/aromatic N) is 3. The molecule has 1 atom stereocenters. The minimum atomic E-state index is -0.725. The van der Waals surface area contributed by atoms with Gasteiger partial charge in [0, 0.05) is 11.9 Å². The van der Waals surface area contributed by atoms with Gasteiger partial charge in [0.15, 0.2) is 5.16 Å². The first-order chi connectivity index (χ1) is 8.49. The summed E-state index contributed by atoms with van der Waals surface area (Å²) >= 11 is 1.36. The normalized spacial score (nSPS) is 12.7. The Hall–Kier alpha value is -1.40. The summed E-state index contributed by atoms with van der Waals surface area (Å²) in [6, 6.07) is 4.36. The van der Waals surface area contributed by atoms with Crippen LogP contribution in [0.1, 0.15) is 24.4 Å². The van der Waals surface area contributed by atoms with Crippen molar-refractivity contribution in [1.82, 2.24) is 14.8 Å². The summed E-state index contributed by atoms with van der Waals surface area (Å²) in [6.07, 6.45) is -0.725. The van der Waals surface area contributed by atoms with Gasteiger partial charge in [0.2, 0.25) is 0 Å². The van der Waals surface area contributed by atoms with E-state index in [9.17, 15) is 9.50 Å². The zero-order chi connectivity index (χ0) is 13.3. The number of aliphatic hydroxyl groups excluding tert-OH is 1. The molecule has 6 heteroatoms. The highest BCUT2D eigenvalue weighted by Crippen LogP contribution is 2.32. The quantitative estimate of drug-likeness (QED) is 0.928. The molecule has 0 aliphatic heterocycles. The zero-order valence-corrected chi connectivity index (χ0v) is 11.2. The average Bonchev–Trinajstić information content (AvgIpc) is 2.63. The van der Waals surface area contributed by atoms with Gasteiger partial charge >= 0.3 is 0 Å². The Morgan fingerprint density at radius 1 is 1.39 bits per heavy atom. The van der Waals surface area contributed by atoms with Gasteiger partial charge in [0.1, 0.15) is 11.6 Å². The zero-order valence-electron chi connectivity index (χ0n) is 10.4. The van der Waals surface area contributed by atoms with Crippen molar-refractivity contribution in [3.05, 3.63) is 35.4 Å². The molecule has 4 nitrogen and oxygen atoms in total. The molecule has 2 rings (SSSR count). The maximum Gasteiger partial charge on any atom is 0.195 e. The molecular weight excluding hydrogens is 253 g/mol. The molecule has 0 aliphatic rings. The fourth-order valence-electron chi connectivity index (χ4n) is 1.51. The van der Waals surface area contributed by atoms with E-state index in [-0.39, 0.29) is 5.82 Å². The second-order valence-corrected chi connectivity index (χ2v) is 5.06. The number of benzene rings is 1. The van der Waals surface area contributed by atoms with Crippen molar-refractivity contribution in [2.45, 2.75) is 30.0 Å². The van der Waals surface area contributed by atoms with E-state index in [2.05, 4.69) is 10.2 Å². The molecule has 0 saturated carbocycles. The molecule has 0 bridgehead atoms. The predicted molar refractivity (Wildman–Crippen MR) is 66.9 cm³/mol. The lowest BCUT2D eigenvalue weighted by atomic mass is 10.1. The van der Waals surface area contributed by atoms with Crippen LogP contribution in [0.3, 0.4) is 0 Å². The van der Waals surface area contributed by atoms with E-state index in [1.54, 1.807) is 13.0 Å². The molecule has 0 amide bonds. The summed E-state index contributed by atoms with van der Waals surface area (Å²) in [7, 11) is 1.86. The van der Waals surface area contributed by atoms with Gasteiger partial charge in [-0.1, -0.05) is 0 Å². The summed E-state index contributed by atoms with van der Waals surface area (Å²) in [5.74, 6) is 0.447. The first-order valence-corrected chi connectivity index (χ1v) is 6.32. The van der Waals surface area contributed by atoms with Gasteiger partial charge in [0.05, 0.1) is 6.10 Å². The summed E-state index contributed by atoms with van der Waals surface area (Å²) < 4.78 is 15.0. The van der Waals surface area contributed by atoms with E-state index in [4.69, 9.17) is 0 Å². The van der Waals surface area contributed by atoms with E-state index in [0.29, 0.717) is 10.7 Å². The Bertz CT molecular complexity index is 568. The Morgan fingerprint density at radius 3 is 2.67 bits per heavy atom. The summed E-state index contributed by atoms with van der Waals surface area (Å²) in [5, 5.41) is 18.4. The smallest absolute Gasteiger partial charge is 0.195 e. The minimum absolute atomic E-state index is 0.357. The number of rotatable bonds is 3. The van der Waals surface area contributed by atoms with Gasteiger partial charge in [-0.25, -0.2) is 4.39 Å². The molecule has 0 spiro atoms. The largest absolute Gasteiger partial charge is 0.389 e.